The van der Waals surface area contributed by atoms with Gasteiger partial charge in [-0.2, -0.15) is 0 Å². The van der Waals surface area contributed by atoms with Crippen LogP contribution >= 0.6 is 11.6 Å². The van der Waals surface area contributed by atoms with E-state index < -0.39 is 5.97 Å². The number of hydrogen-bond donors (Lipinski definition) is 1. The normalized spacial score (nSPS) is 14.5. The summed E-state index contributed by atoms with van der Waals surface area (Å²) in [4.78, 5) is 24.6. The molecule has 1 aromatic carbocycles. The molecule has 0 radical (unpaired) electrons. The minimum Gasteiger partial charge on any atom is -0.495 e. The van der Waals surface area contributed by atoms with Gasteiger partial charge < -0.3 is 19.7 Å². The first kappa shape index (κ1) is 21.1. The van der Waals surface area contributed by atoms with E-state index >= 15 is 0 Å². The predicted molar refractivity (Wildman–Crippen MR) is 113 cm³/mol. The lowest BCUT2D eigenvalue weighted by atomic mass is 10.2. The molecule has 1 aromatic heterocycles. The molecule has 1 saturated heterocycles. The number of rotatable bonds is 8. The first-order chi connectivity index (χ1) is 14.1. The lowest BCUT2D eigenvalue weighted by Gasteiger charge is -2.36. The Morgan fingerprint density at radius 3 is 2.72 bits per heavy atom. The van der Waals surface area contributed by atoms with E-state index in [1.807, 2.05) is 18.2 Å². The van der Waals surface area contributed by atoms with Crippen molar-refractivity contribution in [1.29, 1.82) is 0 Å². The zero-order valence-corrected chi connectivity index (χ0v) is 17.5. The highest BCUT2D eigenvalue weighted by atomic mass is 35.5. The van der Waals surface area contributed by atoms with E-state index in [0.29, 0.717) is 11.0 Å². The fourth-order valence-corrected chi connectivity index (χ4v) is 3.45. The highest BCUT2D eigenvalue weighted by Gasteiger charge is 2.19. The van der Waals surface area contributed by atoms with E-state index in [2.05, 4.69) is 29.8 Å². The molecule has 0 bridgehead atoms. The maximum atomic E-state index is 11.5. The van der Waals surface area contributed by atoms with Crippen LogP contribution < -0.4 is 15.0 Å². The number of piperazine rings is 1. The topological polar surface area (TPSA) is 79.8 Å². The monoisotopic (exact) mass is 419 g/mol. The van der Waals surface area contributed by atoms with Gasteiger partial charge in [0.25, 0.3) is 0 Å². The van der Waals surface area contributed by atoms with E-state index in [1.54, 1.807) is 13.3 Å². The van der Waals surface area contributed by atoms with Crippen molar-refractivity contribution in [3.8, 4) is 5.75 Å². The third kappa shape index (κ3) is 5.71. The Kier molecular flexibility index (Phi) is 7.48. The van der Waals surface area contributed by atoms with Crippen molar-refractivity contribution < 1.29 is 14.3 Å². The number of aromatic nitrogens is 2. The average Bonchev–Trinajstić information content (AvgIpc) is 2.76. The van der Waals surface area contributed by atoms with Gasteiger partial charge in [-0.3, -0.25) is 4.90 Å². The number of carbonyl (C=O) groups is 1. The number of halogens is 1. The molecular weight excluding hydrogens is 394 g/mol. The van der Waals surface area contributed by atoms with Crippen LogP contribution in [0.4, 0.5) is 11.6 Å². The number of hydrogen-bond acceptors (Lipinski definition) is 8. The minimum absolute atomic E-state index is 0.248. The fourth-order valence-electron chi connectivity index (χ4n) is 3.29. The van der Waals surface area contributed by atoms with Crippen molar-refractivity contribution in [3.05, 3.63) is 41.2 Å². The molecule has 29 heavy (non-hydrogen) atoms. The number of nitrogens with zero attached hydrogens (tertiary/aromatic N) is 4. The summed E-state index contributed by atoms with van der Waals surface area (Å²) in [5.41, 5.74) is 1.29. The minimum atomic E-state index is -0.468. The molecule has 8 nitrogen and oxygen atoms in total. The van der Waals surface area contributed by atoms with Gasteiger partial charge in [0.1, 0.15) is 5.75 Å². The van der Waals surface area contributed by atoms with Crippen LogP contribution in [0, 0.1) is 0 Å². The van der Waals surface area contributed by atoms with E-state index in [9.17, 15) is 4.79 Å². The number of anilines is 2. The second-order valence-electron chi connectivity index (χ2n) is 6.68. The molecule has 156 valence electrons. The summed E-state index contributed by atoms with van der Waals surface area (Å²) in [6.45, 7) is 5.51. The van der Waals surface area contributed by atoms with Crippen molar-refractivity contribution in [2.75, 3.05) is 63.7 Å². The summed E-state index contributed by atoms with van der Waals surface area (Å²) in [7, 11) is 3.01. The Morgan fingerprint density at radius 2 is 2.00 bits per heavy atom. The van der Waals surface area contributed by atoms with Crippen LogP contribution in [-0.2, 0) is 4.74 Å². The first-order valence-electron chi connectivity index (χ1n) is 9.57. The van der Waals surface area contributed by atoms with Gasteiger partial charge >= 0.3 is 5.97 Å². The maximum absolute atomic E-state index is 11.5. The van der Waals surface area contributed by atoms with Gasteiger partial charge in [0, 0.05) is 43.9 Å². The summed E-state index contributed by atoms with van der Waals surface area (Å²) in [6.07, 6.45) is 2.50. The number of benzene rings is 1. The van der Waals surface area contributed by atoms with Crippen molar-refractivity contribution in [1.82, 2.24) is 14.9 Å². The van der Waals surface area contributed by atoms with Gasteiger partial charge in [-0.05, 0) is 37.2 Å². The molecule has 9 heteroatoms. The van der Waals surface area contributed by atoms with Gasteiger partial charge in [0.15, 0.2) is 5.69 Å². The molecule has 2 heterocycles. The molecule has 0 amide bonds. The zero-order chi connectivity index (χ0) is 20.6. The van der Waals surface area contributed by atoms with Crippen LogP contribution in [-0.4, -0.2) is 74.3 Å². The largest absolute Gasteiger partial charge is 0.495 e. The lowest BCUT2D eigenvalue weighted by Crippen LogP contribution is -2.47. The Hall–Kier alpha value is -2.58. The van der Waals surface area contributed by atoms with E-state index in [0.717, 1.165) is 57.1 Å². The van der Waals surface area contributed by atoms with Gasteiger partial charge in [-0.1, -0.05) is 11.6 Å². The lowest BCUT2D eigenvalue weighted by molar-refractivity contribution is 0.0594. The molecule has 0 spiro atoms. The van der Waals surface area contributed by atoms with E-state index in [-0.39, 0.29) is 5.69 Å². The second kappa shape index (κ2) is 10.3. The second-order valence-corrected chi connectivity index (χ2v) is 7.12. The molecule has 1 N–H and O–H groups in total. The van der Waals surface area contributed by atoms with Crippen LogP contribution in [0.25, 0.3) is 0 Å². The maximum Gasteiger partial charge on any atom is 0.356 e. The molecule has 1 aliphatic heterocycles. The van der Waals surface area contributed by atoms with Crippen molar-refractivity contribution >= 4 is 29.2 Å². The molecule has 0 atom stereocenters. The molecule has 1 aliphatic rings. The van der Waals surface area contributed by atoms with Gasteiger partial charge in [-0.25, -0.2) is 14.8 Å². The van der Waals surface area contributed by atoms with Crippen molar-refractivity contribution in [3.63, 3.8) is 0 Å². The third-order valence-electron chi connectivity index (χ3n) is 4.84. The zero-order valence-electron chi connectivity index (χ0n) is 16.7. The molecule has 2 aromatic rings. The average molecular weight is 420 g/mol. The summed E-state index contributed by atoms with van der Waals surface area (Å²) >= 11 is 6.16. The Bertz CT molecular complexity index is 828. The number of carbonyl (C=O) groups excluding carboxylic acids is 1. The van der Waals surface area contributed by atoms with Crippen LogP contribution in [0.5, 0.6) is 5.75 Å². The summed E-state index contributed by atoms with van der Waals surface area (Å²) in [6, 6.07) is 7.25. The number of nitrogens with one attached hydrogen (secondary N) is 1. The summed E-state index contributed by atoms with van der Waals surface area (Å²) < 4.78 is 10.1. The molecule has 1 fully saturated rings. The SMILES string of the molecule is COC(=O)c1ccnc(NCCCN2CCN(c3cc(Cl)ccc3OC)CC2)n1. The molecule has 0 aliphatic carbocycles. The van der Waals surface area contributed by atoms with Gasteiger partial charge in [0.2, 0.25) is 5.95 Å². The number of esters is 1. The highest BCUT2D eigenvalue weighted by molar-refractivity contribution is 6.30. The molecule has 0 saturated carbocycles. The van der Waals surface area contributed by atoms with E-state index in [4.69, 9.17) is 16.3 Å². The van der Waals surface area contributed by atoms with Crippen molar-refractivity contribution in [2.24, 2.45) is 0 Å². The van der Waals surface area contributed by atoms with Crippen molar-refractivity contribution in [2.45, 2.75) is 6.42 Å². The molecule has 3 rings (SSSR count). The van der Waals surface area contributed by atoms with Crippen LogP contribution in [0.1, 0.15) is 16.9 Å². The smallest absolute Gasteiger partial charge is 0.356 e. The predicted octanol–water partition coefficient (Wildman–Crippen LogP) is 2.55. The van der Waals surface area contributed by atoms with Gasteiger partial charge in [-0.15, -0.1) is 0 Å². The van der Waals surface area contributed by atoms with E-state index in [1.165, 1.54) is 13.2 Å². The summed E-state index contributed by atoms with van der Waals surface area (Å²) in [5, 5.41) is 3.88. The van der Waals surface area contributed by atoms with Crippen LogP contribution in [0.3, 0.4) is 0 Å². The third-order valence-corrected chi connectivity index (χ3v) is 5.07. The Balaban J connectivity index is 1.42. The quantitative estimate of drug-likeness (QED) is 0.516. The molecular formula is C20H26ClN5O3. The number of methoxy groups -OCH3 is 2. The first-order valence-corrected chi connectivity index (χ1v) is 9.94. The Morgan fingerprint density at radius 1 is 1.21 bits per heavy atom. The van der Waals surface area contributed by atoms with Gasteiger partial charge in [0.05, 0.1) is 19.9 Å². The fraction of sp³-hybridized carbons (Fsp3) is 0.450. The number of ether oxygens (including phenoxy) is 2. The summed E-state index contributed by atoms with van der Waals surface area (Å²) in [5.74, 6) is 0.816. The standard InChI is InChI=1S/C20H26ClN5O3/c1-28-18-5-4-15(21)14-17(18)26-12-10-25(11-13-26)9-3-7-22-20-23-8-6-16(24-20)19(27)29-2/h4-6,8,14H,3,7,9-13H2,1-2H3,(H,22,23,24). The van der Waals surface area contributed by atoms with Crippen LogP contribution in [0.2, 0.25) is 5.02 Å². The Labute approximate surface area is 175 Å². The highest BCUT2D eigenvalue weighted by Crippen LogP contribution is 2.31. The van der Waals surface area contributed by atoms with Crippen LogP contribution in [0.15, 0.2) is 30.5 Å². The molecule has 0 unspecified atom stereocenters.